The number of hydrazine groups is 1. The summed E-state index contributed by atoms with van der Waals surface area (Å²) < 4.78 is 0. The quantitative estimate of drug-likeness (QED) is 0.639. The monoisotopic (exact) mass is 287 g/mol. The number of allylic oxidation sites excluding steroid dienone is 4. The van der Waals surface area contributed by atoms with Gasteiger partial charge in [-0.3, -0.25) is 0 Å². The molecule has 0 aliphatic heterocycles. The van der Waals surface area contributed by atoms with Gasteiger partial charge in [0.25, 0.3) is 0 Å². The predicted molar refractivity (Wildman–Crippen MR) is 90.5 cm³/mol. The largest absolute Gasteiger partial charge is 0.505 e. The highest BCUT2D eigenvalue weighted by atomic mass is 16.3. The Hall–Kier alpha value is -2.07. The van der Waals surface area contributed by atoms with Crippen LogP contribution in [-0.4, -0.2) is 10.8 Å². The van der Waals surface area contributed by atoms with Crippen molar-refractivity contribution >= 4 is 11.4 Å². The molecule has 114 valence electrons. The summed E-state index contributed by atoms with van der Waals surface area (Å²) in [6, 6.07) is 3.74. The molecule has 1 aliphatic rings. The van der Waals surface area contributed by atoms with Gasteiger partial charge in [0.2, 0.25) is 0 Å². The van der Waals surface area contributed by atoms with Gasteiger partial charge in [-0.15, -0.1) is 0 Å². The second-order valence-corrected chi connectivity index (χ2v) is 4.72. The van der Waals surface area contributed by atoms with Crippen LogP contribution < -0.4 is 11.0 Å². The first kappa shape index (κ1) is 17.0. The fourth-order valence-corrected chi connectivity index (χ4v) is 2.05. The predicted octanol–water partition coefficient (Wildman–Crippen LogP) is 3.98. The molecule has 0 fully saturated rings. The summed E-state index contributed by atoms with van der Waals surface area (Å²) in [5.74, 6) is 6.13. The molecule has 0 heterocycles. The van der Waals surface area contributed by atoms with E-state index < -0.39 is 0 Å². The average Bonchev–Trinajstić information content (AvgIpc) is 2.73. The number of aryl methyl sites for hydroxylation is 2. The number of nitrogens with zero attached hydrogens (tertiary/aromatic N) is 2. The first-order valence-corrected chi connectivity index (χ1v) is 7.31. The summed E-state index contributed by atoms with van der Waals surface area (Å²) >= 11 is 0. The van der Waals surface area contributed by atoms with Crippen LogP contribution in [0.4, 0.5) is 5.69 Å². The van der Waals surface area contributed by atoms with E-state index in [-0.39, 0.29) is 5.75 Å². The summed E-state index contributed by atoms with van der Waals surface area (Å²) in [7, 11) is 0. The Balaban J connectivity index is 0.00000106. The molecule has 1 aliphatic carbocycles. The Morgan fingerprint density at radius 2 is 1.67 bits per heavy atom. The number of rotatable bonds is 2. The van der Waals surface area contributed by atoms with Crippen molar-refractivity contribution in [3.63, 3.8) is 0 Å². The van der Waals surface area contributed by atoms with E-state index in [4.69, 9.17) is 5.84 Å². The molecule has 4 nitrogen and oxygen atoms in total. The van der Waals surface area contributed by atoms with Gasteiger partial charge in [0.05, 0.1) is 0 Å². The zero-order valence-corrected chi connectivity index (χ0v) is 13.3. The van der Waals surface area contributed by atoms with Crippen LogP contribution in [-0.2, 0) is 0 Å². The zero-order chi connectivity index (χ0) is 15.8. The summed E-state index contributed by atoms with van der Waals surface area (Å²) in [6.45, 7) is 7.82. The molecule has 0 spiro atoms. The lowest BCUT2D eigenvalue weighted by molar-refractivity contribution is 0.470. The number of anilines is 1. The minimum absolute atomic E-state index is 0.178. The van der Waals surface area contributed by atoms with Crippen LogP contribution in [0.15, 0.2) is 41.5 Å². The average molecular weight is 287 g/mol. The van der Waals surface area contributed by atoms with Gasteiger partial charge in [-0.2, -0.15) is 10.2 Å². The smallest absolute Gasteiger partial charge is 0.145 e. The Bertz CT molecular complexity index is 543. The highest BCUT2D eigenvalue weighted by Gasteiger charge is 2.11. The van der Waals surface area contributed by atoms with Gasteiger partial charge in [-0.1, -0.05) is 44.2 Å². The first-order chi connectivity index (χ1) is 10.1. The van der Waals surface area contributed by atoms with Crippen LogP contribution in [0.25, 0.3) is 0 Å². The van der Waals surface area contributed by atoms with Crippen LogP contribution in [0.3, 0.4) is 0 Å². The molecule has 0 bridgehead atoms. The van der Waals surface area contributed by atoms with Crippen molar-refractivity contribution in [1.29, 1.82) is 0 Å². The maximum atomic E-state index is 10.1. The van der Waals surface area contributed by atoms with E-state index >= 15 is 0 Å². The van der Waals surface area contributed by atoms with E-state index in [1.807, 2.05) is 64.1 Å². The summed E-state index contributed by atoms with van der Waals surface area (Å²) in [5.41, 5.74) is 3.33. The topological polar surface area (TPSA) is 61.8 Å². The minimum atomic E-state index is 0.178. The fourth-order valence-electron chi connectivity index (χ4n) is 2.05. The maximum Gasteiger partial charge on any atom is 0.145 e. The van der Waals surface area contributed by atoms with E-state index in [0.717, 1.165) is 29.7 Å². The van der Waals surface area contributed by atoms with Crippen LogP contribution in [0.5, 0.6) is 5.75 Å². The lowest BCUT2D eigenvalue weighted by atomic mass is 10.1. The zero-order valence-electron chi connectivity index (χ0n) is 13.3. The Morgan fingerprint density at radius 3 is 2.24 bits per heavy atom. The van der Waals surface area contributed by atoms with Crippen molar-refractivity contribution in [3.8, 4) is 5.75 Å². The second kappa shape index (κ2) is 8.27. The van der Waals surface area contributed by atoms with Gasteiger partial charge < -0.3 is 5.11 Å². The SMILES string of the molecule is CC.Cc1cc(C)c(O)c(N(N)N=C2CC=CC=CC2)c1. The first-order valence-electron chi connectivity index (χ1n) is 7.31. The van der Waals surface area contributed by atoms with Crippen molar-refractivity contribution in [2.75, 3.05) is 5.12 Å². The molecule has 0 unspecified atom stereocenters. The molecule has 0 aromatic heterocycles. The minimum Gasteiger partial charge on any atom is -0.505 e. The lowest BCUT2D eigenvalue weighted by Crippen LogP contribution is -2.26. The van der Waals surface area contributed by atoms with Crippen LogP contribution in [0, 0.1) is 13.8 Å². The summed E-state index contributed by atoms with van der Waals surface area (Å²) in [5, 5.41) is 15.7. The van der Waals surface area contributed by atoms with Gasteiger partial charge in [0.15, 0.2) is 0 Å². The Labute approximate surface area is 127 Å². The van der Waals surface area contributed by atoms with Gasteiger partial charge in [-0.25, -0.2) is 5.84 Å². The van der Waals surface area contributed by atoms with Crippen molar-refractivity contribution in [2.45, 2.75) is 40.5 Å². The number of aromatic hydroxyl groups is 1. The summed E-state index contributed by atoms with van der Waals surface area (Å²) in [6.07, 6.45) is 9.61. The third kappa shape index (κ3) is 4.76. The standard InChI is InChI=1S/C15H19N3O.C2H6/c1-11-9-12(2)15(19)14(10-11)18(16)17-13-7-5-3-4-6-8-13;1-2/h3-6,9-10,19H,7-8,16H2,1-2H3;1-2H3. The number of phenolic OH excluding ortho intramolecular Hbond substituents is 1. The number of hydrazone groups is 1. The molecule has 4 heteroatoms. The van der Waals surface area contributed by atoms with Gasteiger partial charge in [0.1, 0.15) is 11.4 Å². The normalized spacial score (nSPS) is 13.3. The number of benzene rings is 1. The highest BCUT2D eigenvalue weighted by molar-refractivity contribution is 5.88. The second-order valence-electron chi connectivity index (χ2n) is 4.72. The van der Waals surface area contributed by atoms with Gasteiger partial charge in [-0.05, 0) is 31.0 Å². The molecule has 3 N–H and O–H groups in total. The fraction of sp³-hybridized carbons (Fsp3) is 0.353. The Kier molecular flexibility index (Phi) is 6.69. The molecule has 2 rings (SSSR count). The van der Waals surface area contributed by atoms with Crippen molar-refractivity contribution < 1.29 is 5.11 Å². The van der Waals surface area contributed by atoms with Crippen LogP contribution in [0.2, 0.25) is 0 Å². The van der Waals surface area contributed by atoms with E-state index in [1.165, 1.54) is 5.12 Å². The van der Waals surface area contributed by atoms with E-state index in [2.05, 4.69) is 5.10 Å². The van der Waals surface area contributed by atoms with E-state index in [0.29, 0.717) is 5.69 Å². The third-order valence-electron chi connectivity index (χ3n) is 3.01. The van der Waals surface area contributed by atoms with Crippen molar-refractivity contribution in [1.82, 2.24) is 0 Å². The molecule has 0 saturated carbocycles. The molecule has 21 heavy (non-hydrogen) atoms. The number of nitrogens with two attached hydrogens (primary N) is 1. The van der Waals surface area contributed by atoms with Crippen LogP contribution >= 0.6 is 0 Å². The van der Waals surface area contributed by atoms with E-state index in [1.54, 1.807) is 0 Å². The van der Waals surface area contributed by atoms with Crippen molar-refractivity contribution in [3.05, 3.63) is 47.6 Å². The molecule has 0 saturated heterocycles. The molecular formula is C17H25N3O. The third-order valence-corrected chi connectivity index (χ3v) is 3.01. The summed E-state index contributed by atoms with van der Waals surface area (Å²) in [4.78, 5) is 0. The molecule has 0 radical (unpaired) electrons. The molecular weight excluding hydrogens is 262 g/mol. The molecule has 0 atom stereocenters. The van der Waals surface area contributed by atoms with Crippen molar-refractivity contribution in [2.24, 2.45) is 10.9 Å². The number of hydrogen-bond acceptors (Lipinski definition) is 4. The number of phenols is 1. The molecule has 0 amide bonds. The number of hydrogen-bond donors (Lipinski definition) is 2. The van der Waals surface area contributed by atoms with Gasteiger partial charge in [0, 0.05) is 18.6 Å². The highest BCUT2D eigenvalue weighted by Crippen LogP contribution is 2.30. The molecule has 1 aromatic carbocycles. The van der Waals surface area contributed by atoms with Gasteiger partial charge >= 0.3 is 0 Å². The Morgan fingerprint density at radius 1 is 1.10 bits per heavy atom. The maximum absolute atomic E-state index is 10.1. The van der Waals surface area contributed by atoms with Crippen LogP contribution in [0.1, 0.15) is 37.8 Å². The lowest BCUT2D eigenvalue weighted by Gasteiger charge is -2.17. The van der Waals surface area contributed by atoms with E-state index in [9.17, 15) is 5.11 Å². The molecule has 1 aromatic rings.